The monoisotopic (exact) mass is 311 g/mol. The van der Waals surface area contributed by atoms with Crippen LogP contribution in [0, 0.1) is 0 Å². The fourth-order valence-corrected chi connectivity index (χ4v) is 2.06. The average molecular weight is 311 g/mol. The van der Waals surface area contributed by atoms with Crippen molar-refractivity contribution in [1.82, 2.24) is 5.32 Å². The molecule has 0 aliphatic rings. The second kappa shape index (κ2) is 8.48. The molecule has 0 bridgehead atoms. The molecule has 118 valence electrons. The molecule has 2 aromatic carbocycles. The first kappa shape index (κ1) is 16.4. The van der Waals surface area contributed by atoms with Crippen molar-refractivity contribution in [3.63, 3.8) is 0 Å². The van der Waals surface area contributed by atoms with Crippen molar-refractivity contribution in [2.45, 2.75) is 19.1 Å². The maximum Gasteiger partial charge on any atom is 0.408 e. The van der Waals surface area contributed by atoms with Gasteiger partial charge in [-0.05, 0) is 11.1 Å². The van der Waals surface area contributed by atoms with E-state index in [9.17, 15) is 14.4 Å². The summed E-state index contributed by atoms with van der Waals surface area (Å²) >= 11 is 0. The maximum atomic E-state index is 11.8. The van der Waals surface area contributed by atoms with Gasteiger partial charge in [0.15, 0.2) is 6.29 Å². The van der Waals surface area contributed by atoms with Gasteiger partial charge >= 0.3 is 6.09 Å². The largest absolute Gasteiger partial charge is 0.445 e. The molecule has 1 atom stereocenters. The molecule has 0 aliphatic carbocycles. The molecule has 1 unspecified atom stereocenters. The minimum atomic E-state index is -0.932. The summed E-state index contributed by atoms with van der Waals surface area (Å²) in [7, 11) is 0. The van der Waals surface area contributed by atoms with E-state index in [0.717, 1.165) is 11.1 Å². The number of rotatable bonds is 7. The van der Waals surface area contributed by atoms with E-state index in [-0.39, 0.29) is 19.3 Å². The van der Waals surface area contributed by atoms with Crippen LogP contribution < -0.4 is 5.32 Å². The number of amides is 1. The summed E-state index contributed by atoms with van der Waals surface area (Å²) in [5.41, 5.74) is 1.68. The highest BCUT2D eigenvalue weighted by Crippen LogP contribution is 2.05. The van der Waals surface area contributed by atoms with Gasteiger partial charge in [0.25, 0.3) is 0 Å². The summed E-state index contributed by atoms with van der Waals surface area (Å²) in [6.45, 7) is 0.0972. The van der Waals surface area contributed by atoms with Crippen LogP contribution in [-0.4, -0.2) is 24.2 Å². The Hall–Kier alpha value is -2.95. The van der Waals surface area contributed by atoms with Gasteiger partial charge in [-0.3, -0.25) is 9.59 Å². The number of ether oxygens (including phenoxy) is 1. The molecule has 2 rings (SSSR count). The Morgan fingerprint density at radius 1 is 0.957 bits per heavy atom. The normalized spacial score (nSPS) is 11.3. The highest BCUT2D eigenvalue weighted by atomic mass is 16.5. The van der Waals surface area contributed by atoms with Gasteiger partial charge in [0, 0.05) is 6.42 Å². The molecule has 0 aromatic heterocycles. The standard InChI is InChI=1S/C18H17NO4/c20-12-17(21)16(11-14-7-3-1-4-8-14)19-18(22)23-13-15-9-5-2-6-10-15/h1-10,12,16H,11,13H2,(H,19,22). The molecule has 0 fully saturated rings. The molecule has 0 radical (unpaired) electrons. The van der Waals surface area contributed by atoms with Gasteiger partial charge in [-0.25, -0.2) is 4.79 Å². The maximum absolute atomic E-state index is 11.8. The van der Waals surface area contributed by atoms with E-state index in [0.29, 0.717) is 0 Å². The van der Waals surface area contributed by atoms with Crippen molar-refractivity contribution in [2.24, 2.45) is 0 Å². The summed E-state index contributed by atoms with van der Waals surface area (Å²) < 4.78 is 5.07. The predicted molar refractivity (Wildman–Crippen MR) is 84.8 cm³/mol. The first-order valence-corrected chi connectivity index (χ1v) is 7.19. The number of carbonyl (C=O) groups is 3. The molecule has 5 nitrogen and oxygen atoms in total. The van der Waals surface area contributed by atoms with Crippen molar-refractivity contribution in [2.75, 3.05) is 0 Å². The molecule has 5 heteroatoms. The zero-order valence-corrected chi connectivity index (χ0v) is 12.5. The fraction of sp³-hybridized carbons (Fsp3) is 0.167. The summed E-state index contributed by atoms with van der Waals surface area (Å²) in [6, 6.07) is 17.4. The Balaban J connectivity index is 1.93. The van der Waals surface area contributed by atoms with Crippen LogP contribution in [0.25, 0.3) is 0 Å². The van der Waals surface area contributed by atoms with Crippen molar-refractivity contribution >= 4 is 18.2 Å². The third-order valence-corrected chi connectivity index (χ3v) is 3.25. The van der Waals surface area contributed by atoms with Gasteiger partial charge in [0.2, 0.25) is 5.78 Å². The number of aldehydes is 1. The Labute approximate surface area is 134 Å². The molecular formula is C18H17NO4. The molecule has 0 saturated carbocycles. The van der Waals surface area contributed by atoms with E-state index in [2.05, 4.69) is 5.32 Å². The van der Waals surface area contributed by atoms with Crippen LogP contribution in [0.4, 0.5) is 4.79 Å². The van der Waals surface area contributed by atoms with Crippen molar-refractivity contribution in [1.29, 1.82) is 0 Å². The SMILES string of the molecule is O=CC(=O)C(Cc1ccccc1)NC(=O)OCc1ccccc1. The quantitative estimate of drug-likeness (QED) is 0.629. The zero-order valence-electron chi connectivity index (χ0n) is 12.5. The zero-order chi connectivity index (χ0) is 16.5. The Morgan fingerprint density at radius 2 is 1.52 bits per heavy atom. The van der Waals surface area contributed by atoms with Gasteiger partial charge in [0.1, 0.15) is 12.6 Å². The number of hydrogen-bond acceptors (Lipinski definition) is 4. The molecule has 1 amide bonds. The highest BCUT2D eigenvalue weighted by molar-refractivity contribution is 6.27. The number of nitrogens with one attached hydrogen (secondary N) is 1. The minimum Gasteiger partial charge on any atom is -0.445 e. The topological polar surface area (TPSA) is 72.5 Å². The van der Waals surface area contributed by atoms with E-state index in [4.69, 9.17) is 4.74 Å². The van der Waals surface area contributed by atoms with Gasteiger partial charge in [-0.15, -0.1) is 0 Å². The molecule has 2 aromatic rings. The Kier molecular flexibility index (Phi) is 6.06. The summed E-state index contributed by atoms with van der Waals surface area (Å²) in [4.78, 5) is 34.3. The van der Waals surface area contributed by atoms with Gasteiger partial charge in [-0.1, -0.05) is 60.7 Å². The molecule has 23 heavy (non-hydrogen) atoms. The van der Waals surface area contributed by atoms with Crippen molar-refractivity contribution in [3.8, 4) is 0 Å². The first-order valence-electron chi connectivity index (χ1n) is 7.19. The molecular weight excluding hydrogens is 294 g/mol. The predicted octanol–water partition coefficient (Wildman–Crippen LogP) is 2.29. The minimum absolute atomic E-state index is 0.0972. The van der Waals surface area contributed by atoms with Crippen molar-refractivity contribution < 1.29 is 19.1 Å². The Bertz CT molecular complexity index is 655. The number of benzene rings is 2. The lowest BCUT2D eigenvalue weighted by Crippen LogP contribution is -2.43. The van der Waals surface area contributed by atoms with Gasteiger partial charge in [0.05, 0.1) is 0 Å². The smallest absolute Gasteiger partial charge is 0.408 e. The van der Waals surface area contributed by atoms with Crippen LogP contribution in [0.3, 0.4) is 0 Å². The third-order valence-electron chi connectivity index (χ3n) is 3.25. The van der Waals surface area contributed by atoms with Crippen LogP contribution in [0.1, 0.15) is 11.1 Å². The summed E-state index contributed by atoms with van der Waals surface area (Å²) in [5, 5.41) is 2.44. The highest BCUT2D eigenvalue weighted by Gasteiger charge is 2.21. The first-order chi connectivity index (χ1) is 11.2. The number of hydrogen-bond donors (Lipinski definition) is 1. The van der Waals surface area contributed by atoms with Crippen molar-refractivity contribution in [3.05, 3.63) is 71.8 Å². The van der Waals surface area contributed by atoms with Crippen LogP contribution in [0.5, 0.6) is 0 Å². The average Bonchev–Trinajstić information content (AvgIpc) is 2.60. The lowest BCUT2D eigenvalue weighted by molar-refractivity contribution is -0.131. The third kappa shape index (κ3) is 5.39. The molecule has 0 heterocycles. The van der Waals surface area contributed by atoms with E-state index in [1.54, 1.807) is 0 Å². The second-order valence-electron chi connectivity index (χ2n) is 4.97. The van der Waals surface area contributed by atoms with Crippen LogP contribution >= 0.6 is 0 Å². The number of Topliss-reactive ketones (excluding diaryl/α,β-unsaturated/α-hetero) is 1. The molecule has 0 saturated heterocycles. The van der Waals surface area contributed by atoms with Crippen LogP contribution in [0.2, 0.25) is 0 Å². The van der Waals surface area contributed by atoms with Crippen LogP contribution in [-0.2, 0) is 27.4 Å². The fourth-order valence-electron chi connectivity index (χ4n) is 2.06. The van der Waals surface area contributed by atoms with E-state index >= 15 is 0 Å². The van der Waals surface area contributed by atoms with E-state index < -0.39 is 17.9 Å². The molecule has 0 aliphatic heterocycles. The summed E-state index contributed by atoms with van der Waals surface area (Å²) in [6.07, 6.45) is -0.283. The lowest BCUT2D eigenvalue weighted by atomic mass is 10.0. The van der Waals surface area contributed by atoms with Gasteiger partial charge in [-0.2, -0.15) is 0 Å². The second-order valence-corrected chi connectivity index (χ2v) is 4.97. The Morgan fingerprint density at radius 3 is 2.09 bits per heavy atom. The molecule has 0 spiro atoms. The van der Waals surface area contributed by atoms with E-state index in [1.807, 2.05) is 60.7 Å². The van der Waals surface area contributed by atoms with Crippen LogP contribution in [0.15, 0.2) is 60.7 Å². The summed E-state index contributed by atoms with van der Waals surface area (Å²) in [5.74, 6) is -0.689. The molecule has 1 N–H and O–H groups in total. The lowest BCUT2D eigenvalue weighted by Gasteiger charge is -2.15. The number of ketones is 1. The van der Waals surface area contributed by atoms with Gasteiger partial charge < -0.3 is 10.1 Å². The number of alkyl carbamates (subject to hydrolysis) is 1. The number of carbonyl (C=O) groups excluding carboxylic acids is 3. The van der Waals surface area contributed by atoms with E-state index in [1.165, 1.54) is 0 Å².